The van der Waals surface area contributed by atoms with E-state index in [0.717, 1.165) is 12.7 Å². The molecule has 0 aliphatic rings. The maximum absolute atomic E-state index is 10.7. The zero-order valence-electron chi connectivity index (χ0n) is 10.9. The van der Waals surface area contributed by atoms with Gasteiger partial charge in [0.1, 0.15) is 6.29 Å². The van der Waals surface area contributed by atoms with E-state index in [1.807, 2.05) is 6.92 Å². The van der Waals surface area contributed by atoms with Crippen LogP contribution >= 0.6 is 0 Å². The highest BCUT2D eigenvalue weighted by Gasteiger charge is 2.39. The average molecular weight is 228 g/mol. The largest absolute Gasteiger partial charge is 0.410 e. The molecule has 0 aliphatic heterocycles. The Morgan fingerprint density at radius 2 is 1.93 bits per heavy atom. The third-order valence-corrected chi connectivity index (χ3v) is 7.66. The molecular weight excluding hydrogens is 204 g/mol. The third-order valence-electron chi connectivity index (χ3n) is 3.18. The molecule has 0 aromatic heterocycles. The van der Waals surface area contributed by atoms with Gasteiger partial charge in [0.25, 0.3) is 0 Å². The van der Waals surface area contributed by atoms with Gasteiger partial charge in [-0.25, -0.2) is 0 Å². The molecule has 0 radical (unpaired) electrons. The van der Waals surface area contributed by atoms with Crippen molar-refractivity contribution in [3.63, 3.8) is 0 Å². The van der Waals surface area contributed by atoms with E-state index in [9.17, 15) is 4.79 Å². The van der Waals surface area contributed by atoms with Gasteiger partial charge in [0, 0.05) is 5.57 Å². The predicted octanol–water partition coefficient (Wildman–Crippen LogP) is 3.54. The second kappa shape index (κ2) is 5.08. The van der Waals surface area contributed by atoms with Crippen molar-refractivity contribution in [3.8, 4) is 0 Å². The molecule has 0 amide bonds. The molecule has 0 bridgehead atoms. The lowest BCUT2D eigenvalue weighted by Gasteiger charge is -2.39. The molecule has 0 fully saturated rings. The van der Waals surface area contributed by atoms with Crippen LogP contribution in [-0.4, -0.2) is 20.7 Å². The molecule has 15 heavy (non-hydrogen) atoms. The van der Waals surface area contributed by atoms with Gasteiger partial charge in [-0.1, -0.05) is 34.3 Å². The van der Waals surface area contributed by atoms with Crippen molar-refractivity contribution in [2.45, 2.75) is 58.4 Å². The molecule has 0 N–H and O–H groups in total. The summed E-state index contributed by atoms with van der Waals surface area (Å²) in [5, 5.41) is 0.170. The summed E-state index contributed by atoms with van der Waals surface area (Å²) in [5.74, 6) is 0. The molecule has 88 valence electrons. The Morgan fingerprint density at radius 1 is 1.47 bits per heavy atom. The van der Waals surface area contributed by atoms with E-state index < -0.39 is 8.32 Å². The smallest absolute Gasteiger partial charge is 0.192 e. The van der Waals surface area contributed by atoms with E-state index in [4.69, 9.17) is 4.43 Å². The summed E-state index contributed by atoms with van der Waals surface area (Å²) in [5.41, 5.74) is 0.558. The van der Waals surface area contributed by atoms with E-state index in [1.165, 1.54) is 0 Å². The van der Waals surface area contributed by atoms with Crippen LogP contribution < -0.4 is 0 Å². The summed E-state index contributed by atoms with van der Waals surface area (Å²) in [7, 11) is -1.79. The highest BCUT2D eigenvalue weighted by molar-refractivity contribution is 6.74. The first-order valence-electron chi connectivity index (χ1n) is 5.47. The Kier molecular flexibility index (Phi) is 4.94. The van der Waals surface area contributed by atoms with Crippen LogP contribution in [0.3, 0.4) is 0 Å². The number of rotatable bonds is 5. The fraction of sp³-hybridized carbons (Fsp3) is 0.750. The van der Waals surface area contributed by atoms with Crippen molar-refractivity contribution < 1.29 is 9.22 Å². The maximum Gasteiger partial charge on any atom is 0.192 e. The van der Waals surface area contributed by atoms with Gasteiger partial charge < -0.3 is 4.43 Å². The van der Waals surface area contributed by atoms with Crippen molar-refractivity contribution in [1.82, 2.24) is 0 Å². The quantitative estimate of drug-likeness (QED) is 0.409. The highest BCUT2D eigenvalue weighted by atomic mass is 28.4. The Morgan fingerprint density at radius 3 is 2.20 bits per heavy atom. The summed E-state index contributed by atoms with van der Waals surface area (Å²) >= 11 is 0. The number of carbonyl (C=O) groups is 1. The summed E-state index contributed by atoms with van der Waals surface area (Å²) in [6.45, 7) is 16.7. The molecule has 1 unspecified atom stereocenters. The first-order chi connectivity index (χ1) is 6.65. The first kappa shape index (κ1) is 14.6. The molecule has 0 rings (SSSR count). The lowest BCUT2D eigenvalue weighted by atomic mass is 10.1. The predicted molar refractivity (Wildman–Crippen MR) is 67.6 cm³/mol. The van der Waals surface area contributed by atoms with Gasteiger partial charge in [0.15, 0.2) is 8.32 Å². The first-order valence-corrected chi connectivity index (χ1v) is 8.38. The van der Waals surface area contributed by atoms with Gasteiger partial charge in [0.05, 0.1) is 6.10 Å². The van der Waals surface area contributed by atoms with Gasteiger partial charge >= 0.3 is 0 Å². The van der Waals surface area contributed by atoms with Crippen LogP contribution in [0.5, 0.6) is 0 Å². The fourth-order valence-corrected chi connectivity index (χ4v) is 2.41. The summed E-state index contributed by atoms with van der Waals surface area (Å²) in [6.07, 6.45) is 1.51. The SMILES string of the molecule is C=C(C=O)C(CC)O[Si](C)(C)C(C)(C)C. The third kappa shape index (κ3) is 3.91. The Hall–Kier alpha value is -0.413. The summed E-state index contributed by atoms with van der Waals surface area (Å²) in [4.78, 5) is 10.7. The minimum Gasteiger partial charge on any atom is -0.410 e. The number of hydrogen-bond donors (Lipinski definition) is 0. The van der Waals surface area contributed by atoms with Crippen molar-refractivity contribution in [1.29, 1.82) is 0 Å². The second-order valence-corrected chi connectivity index (χ2v) is 10.2. The minimum atomic E-state index is -1.79. The Bertz CT molecular complexity index is 238. The fourth-order valence-electron chi connectivity index (χ4n) is 1.03. The standard InChI is InChI=1S/C12H24O2Si/c1-8-11(10(2)9-13)14-15(6,7)12(3,4)5/h9,11H,2,8H2,1,3-7H3. The van der Waals surface area contributed by atoms with Gasteiger partial charge in [-0.3, -0.25) is 4.79 Å². The van der Waals surface area contributed by atoms with Crippen LogP contribution in [0, 0.1) is 0 Å². The summed E-state index contributed by atoms with van der Waals surface area (Å²) in [6, 6.07) is 0. The molecule has 0 saturated heterocycles. The van der Waals surface area contributed by atoms with Gasteiger partial charge in [-0.2, -0.15) is 0 Å². The van der Waals surface area contributed by atoms with Crippen LogP contribution in [0.15, 0.2) is 12.2 Å². The van der Waals surface area contributed by atoms with Crippen molar-refractivity contribution in [3.05, 3.63) is 12.2 Å². The molecule has 1 atom stereocenters. The number of hydrogen-bond acceptors (Lipinski definition) is 2. The van der Waals surface area contributed by atoms with E-state index in [2.05, 4.69) is 40.4 Å². The zero-order chi connectivity index (χ0) is 12.3. The van der Waals surface area contributed by atoms with E-state index in [0.29, 0.717) is 5.57 Å². The van der Waals surface area contributed by atoms with E-state index in [-0.39, 0.29) is 11.1 Å². The Balaban J connectivity index is 4.69. The van der Waals surface area contributed by atoms with Crippen molar-refractivity contribution in [2.75, 3.05) is 0 Å². The zero-order valence-corrected chi connectivity index (χ0v) is 11.9. The highest BCUT2D eigenvalue weighted by Crippen LogP contribution is 2.38. The molecule has 3 heteroatoms. The van der Waals surface area contributed by atoms with Crippen LogP contribution in [-0.2, 0) is 9.22 Å². The molecule has 0 heterocycles. The molecule has 0 saturated carbocycles. The van der Waals surface area contributed by atoms with Crippen LogP contribution in [0.1, 0.15) is 34.1 Å². The van der Waals surface area contributed by atoms with Gasteiger partial charge in [-0.05, 0) is 24.6 Å². The molecule has 0 aliphatic carbocycles. The van der Waals surface area contributed by atoms with Crippen LogP contribution in [0.25, 0.3) is 0 Å². The van der Waals surface area contributed by atoms with Gasteiger partial charge in [0.2, 0.25) is 0 Å². The molecule has 0 aromatic rings. The monoisotopic (exact) mass is 228 g/mol. The lowest BCUT2D eigenvalue weighted by molar-refractivity contribution is -0.105. The summed E-state index contributed by atoms with van der Waals surface area (Å²) < 4.78 is 6.11. The minimum absolute atomic E-state index is 0.108. The molecule has 2 nitrogen and oxygen atoms in total. The Labute approximate surface area is 94.8 Å². The maximum atomic E-state index is 10.7. The normalized spacial score (nSPS) is 14.8. The number of aldehydes is 1. The average Bonchev–Trinajstić information content (AvgIpc) is 2.11. The molecule has 0 spiro atoms. The van der Waals surface area contributed by atoms with Gasteiger partial charge in [-0.15, -0.1) is 0 Å². The topological polar surface area (TPSA) is 26.3 Å². The van der Waals surface area contributed by atoms with Crippen LogP contribution in [0.2, 0.25) is 18.1 Å². The van der Waals surface area contributed by atoms with E-state index in [1.54, 1.807) is 0 Å². The van der Waals surface area contributed by atoms with Crippen molar-refractivity contribution in [2.24, 2.45) is 0 Å². The van der Waals surface area contributed by atoms with Crippen molar-refractivity contribution >= 4 is 14.6 Å². The number of carbonyl (C=O) groups excluding carboxylic acids is 1. The van der Waals surface area contributed by atoms with E-state index >= 15 is 0 Å². The second-order valence-electron chi connectivity index (χ2n) is 5.47. The lowest BCUT2D eigenvalue weighted by Crippen LogP contribution is -2.44. The molecule has 0 aromatic carbocycles. The van der Waals surface area contributed by atoms with Crippen LogP contribution in [0.4, 0.5) is 0 Å². The molecular formula is C12H24O2Si.